The second kappa shape index (κ2) is 5.40. The molecule has 1 heterocycles. The number of carbonyl (C=O) groups excluding carboxylic acids is 2. The zero-order chi connectivity index (χ0) is 14.8. The molecule has 0 N–H and O–H groups in total. The van der Waals surface area contributed by atoms with E-state index >= 15 is 0 Å². The van der Waals surface area contributed by atoms with Gasteiger partial charge in [-0.2, -0.15) is 0 Å². The Bertz CT molecular complexity index is 705. The Kier molecular flexibility index (Phi) is 3.44. The summed E-state index contributed by atoms with van der Waals surface area (Å²) in [4.78, 5) is 24.5. The number of hydrogen-bond donors (Lipinski definition) is 0. The molecule has 21 heavy (non-hydrogen) atoms. The lowest BCUT2D eigenvalue weighted by molar-refractivity contribution is 0.00430. The van der Waals surface area contributed by atoms with E-state index < -0.39 is 18.0 Å². The smallest absolute Gasteiger partial charge is 0.339 e. The summed E-state index contributed by atoms with van der Waals surface area (Å²) in [6, 6.07) is 14.2. The zero-order valence-electron chi connectivity index (χ0n) is 11.5. The normalized spacial score (nSPS) is 18.0. The molecule has 0 fully saturated rings. The minimum absolute atomic E-state index is 0.0427. The molecule has 0 saturated heterocycles. The summed E-state index contributed by atoms with van der Waals surface area (Å²) in [7, 11) is 0. The van der Waals surface area contributed by atoms with E-state index in [1.807, 2.05) is 12.1 Å². The second-order valence-corrected chi connectivity index (χ2v) is 4.91. The van der Waals surface area contributed by atoms with Crippen LogP contribution >= 0.6 is 0 Å². The predicted molar refractivity (Wildman–Crippen MR) is 77.0 cm³/mol. The second-order valence-electron chi connectivity index (χ2n) is 4.91. The molecule has 2 aromatic carbocycles. The van der Waals surface area contributed by atoms with E-state index in [0.29, 0.717) is 22.3 Å². The molecular weight excluding hydrogens is 268 g/mol. The average molecular weight is 282 g/mol. The van der Waals surface area contributed by atoms with Crippen molar-refractivity contribution in [3.63, 3.8) is 0 Å². The first-order chi connectivity index (χ1) is 10.2. The Morgan fingerprint density at radius 2 is 1.29 bits per heavy atom. The summed E-state index contributed by atoms with van der Waals surface area (Å²) in [5, 5.41) is 0. The number of ether oxygens (including phenoxy) is 2. The molecule has 4 nitrogen and oxygen atoms in total. The lowest BCUT2D eigenvalue weighted by atomic mass is 9.95. The van der Waals surface area contributed by atoms with Crippen molar-refractivity contribution in [3.8, 4) is 11.1 Å². The average Bonchev–Trinajstić information content (AvgIpc) is 2.52. The molecule has 3 rings (SSSR count). The van der Waals surface area contributed by atoms with Crippen molar-refractivity contribution >= 4 is 11.9 Å². The van der Waals surface area contributed by atoms with Crippen LogP contribution in [0.15, 0.2) is 48.5 Å². The zero-order valence-corrected chi connectivity index (χ0v) is 11.5. The Morgan fingerprint density at radius 1 is 0.810 bits per heavy atom. The molecule has 0 aromatic heterocycles. The van der Waals surface area contributed by atoms with Crippen LogP contribution in [-0.4, -0.2) is 24.6 Å². The fourth-order valence-electron chi connectivity index (χ4n) is 2.34. The number of carbonyl (C=O) groups is 2. The van der Waals surface area contributed by atoms with Gasteiger partial charge in [-0.3, -0.25) is 0 Å². The molecule has 1 atom stereocenters. The Hall–Kier alpha value is -2.62. The van der Waals surface area contributed by atoms with Gasteiger partial charge in [-0.1, -0.05) is 36.4 Å². The van der Waals surface area contributed by atoms with Crippen LogP contribution in [0.4, 0.5) is 0 Å². The SMILES string of the molecule is CC1COC(=O)c2ccccc2-c2ccccc2C(=O)O1. The lowest BCUT2D eigenvalue weighted by Gasteiger charge is -2.19. The summed E-state index contributed by atoms with van der Waals surface area (Å²) < 4.78 is 10.5. The van der Waals surface area contributed by atoms with Gasteiger partial charge >= 0.3 is 11.9 Å². The van der Waals surface area contributed by atoms with Gasteiger partial charge < -0.3 is 9.47 Å². The fraction of sp³-hybridized carbons (Fsp3) is 0.176. The summed E-state index contributed by atoms with van der Waals surface area (Å²) >= 11 is 0. The van der Waals surface area contributed by atoms with E-state index in [9.17, 15) is 9.59 Å². The van der Waals surface area contributed by atoms with Crippen molar-refractivity contribution in [3.05, 3.63) is 59.7 Å². The van der Waals surface area contributed by atoms with Gasteiger partial charge in [0.05, 0.1) is 11.1 Å². The summed E-state index contributed by atoms with van der Waals surface area (Å²) in [6.07, 6.45) is -0.486. The summed E-state index contributed by atoms with van der Waals surface area (Å²) in [5.41, 5.74) is 2.24. The standard InChI is InChI=1S/C17H14O4/c1-11-10-20-16(18)14-8-4-2-6-12(14)13-7-3-5-9-15(13)17(19)21-11/h2-9,11H,10H2,1H3. The molecule has 4 heteroatoms. The molecule has 0 radical (unpaired) electrons. The van der Waals surface area contributed by atoms with Gasteiger partial charge in [0.15, 0.2) is 0 Å². The van der Waals surface area contributed by atoms with Crippen LogP contribution in [0.2, 0.25) is 0 Å². The number of benzene rings is 2. The highest BCUT2D eigenvalue weighted by molar-refractivity contribution is 6.03. The van der Waals surface area contributed by atoms with Crippen molar-refractivity contribution in [2.75, 3.05) is 6.61 Å². The van der Waals surface area contributed by atoms with Gasteiger partial charge in [0.1, 0.15) is 12.7 Å². The van der Waals surface area contributed by atoms with Crippen molar-refractivity contribution in [2.45, 2.75) is 13.0 Å². The predicted octanol–water partition coefficient (Wildman–Crippen LogP) is 3.07. The Morgan fingerprint density at radius 3 is 1.86 bits per heavy atom. The molecule has 0 saturated carbocycles. The summed E-state index contributed by atoms with van der Waals surface area (Å²) in [5.74, 6) is -0.823. The molecule has 106 valence electrons. The molecule has 1 aliphatic heterocycles. The Labute approximate surface area is 122 Å². The van der Waals surface area contributed by atoms with E-state index in [-0.39, 0.29) is 6.61 Å². The third kappa shape index (κ3) is 2.52. The number of cyclic esters (lactones) is 2. The van der Waals surface area contributed by atoms with Crippen LogP contribution in [0.5, 0.6) is 0 Å². The van der Waals surface area contributed by atoms with Gasteiger partial charge in [0, 0.05) is 0 Å². The summed E-state index contributed by atoms with van der Waals surface area (Å²) in [6.45, 7) is 1.74. The first kappa shape index (κ1) is 13.4. The van der Waals surface area contributed by atoms with Gasteiger partial charge in [-0.15, -0.1) is 0 Å². The van der Waals surface area contributed by atoms with Crippen LogP contribution < -0.4 is 0 Å². The highest BCUT2D eigenvalue weighted by Gasteiger charge is 2.23. The van der Waals surface area contributed by atoms with Crippen molar-refractivity contribution in [2.24, 2.45) is 0 Å². The van der Waals surface area contributed by atoms with Crippen LogP contribution in [0.3, 0.4) is 0 Å². The lowest BCUT2D eigenvalue weighted by Crippen LogP contribution is -2.24. The molecule has 2 aromatic rings. The number of esters is 2. The number of fused-ring (bicyclic) bond motifs is 3. The molecule has 0 spiro atoms. The van der Waals surface area contributed by atoms with Crippen molar-refractivity contribution in [1.82, 2.24) is 0 Å². The first-order valence-electron chi connectivity index (χ1n) is 6.73. The highest BCUT2D eigenvalue weighted by atomic mass is 16.6. The maximum atomic E-state index is 12.3. The van der Waals surface area contributed by atoms with Crippen LogP contribution in [0.25, 0.3) is 11.1 Å². The van der Waals surface area contributed by atoms with Gasteiger partial charge in [-0.05, 0) is 30.2 Å². The molecule has 0 bridgehead atoms. The molecule has 1 unspecified atom stereocenters. The van der Waals surface area contributed by atoms with Gasteiger partial charge in [0.25, 0.3) is 0 Å². The minimum atomic E-state index is -0.486. The largest absolute Gasteiger partial charge is 0.458 e. The van der Waals surface area contributed by atoms with E-state index in [2.05, 4.69) is 0 Å². The number of rotatable bonds is 0. The quantitative estimate of drug-likeness (QED) is 0.697. The number of hydrogen-bond acceptors (Lipinski definition) is 4. The van der Waals surface area contributed by atoms with Crippen molar-refractivity contribution < 1.29 is 19.1 Å². The molecule has 0 aliphatic carbocycles. The monoisotopic (exact) mass is 282 g/mol. The fourth-order valence-corrected chi connectivity index (χ4v) is 2.34. The van der Waals surface area contributed by atoms with Crippen LogP contribution in [0, 0.1) is 0 Å². The Balaban J connectivity index is 2.24. The highest BCUT2D eigenvalue weighted by Crippen LogP contribution is 2.29. The van der Waals surface area contributed by atoms with E-state index in [0.717, 1.165) is 0 Å². The maximum absolute atomic E-state index is 12.3. The minimum Gasteiger partial charge on any atom is -0.458 e. The van der Waals surface area contributed by atoms with Crippen LogP contribution in [-0.2, 0) is 9.47 Å². The van der Waals surface area contributed by atoms with E-state index in [4.69, 9.17) is 9.47 Å². The van der Waals surface area contributed by atoms with Gasteiger partial charge in [-0.25, -0.2) is 9.59 Å². The maximum Gasteiger partial charge on any atom is 0.339 e. The molecule has 1 aliphatic rings. The molecular formula is C17H14O4. The van der Waals surface area contributed by atoms with E-state index in [1.165, 1.54) is 0 Å². The van der Waals surface area contributed by atoms with Crippen LogP contribution in [0.1, 0.15) is 27.6 Å². The topological polar surface area (TPSA) is 52.6 Å². The third-order valence-corrected chi connectivity index (χ3v) is 3.34. The van der Waals surface area contributed by atoms with E-state index in [1.54, 1.807) is 43.3 Å². The molecule has 0 amide bonds. The van der Waals surface area contributed by atoms with Crippen molar-refractivity contribution in [1.29, 1.82) is 0 Å². The third-order valence-electron chi connectivity index (χ3n) is 3.34. The van der Waals surface area contributed by atoms with Gasteiger partial charge in [0.2, 0.25) is 0 Å². The first-order valence-corrected chi connectivity index (χ1v) is 6.73.